The van der Waals surface area contributed by atoms with Gasteiger partial charge in [-0.3, -0.25) is 0 Å². The first-order chi connectivity index (χ1) is 8.25. The summed E-state index contributed by atoms with van der Waals surface area (Å²) in [7, 11) is 0. The van der Waals surface area contributed by atoms with Crippen molar-refractivity contribution >= 4 is 23.1 Å². The fraction of sp³-hybridized carbons (Fsp3) is 0.750. The Hall–Kier alpha value is -0.100. The summed E-state index contributed by atoms with van der Waals surface area (Å²) in [4.78, 5) is 4.63. The van der Waals surface area contributed by atoms with Crippen LogP contribution in [0.3, 0.4) is 0 Å². The van der Waals surface area contributed by atoms with Gasteiger partial charge in [-0.1, -0.05) is 0 Å². The van der Waals surface area contributed by atoms with E-state index in [2.05, 4.69) is 15.7 Å². The number of nitrogens with zero attached hydrogens (tertiary/aromatic N) is 1. The number of nitrogens with one attached hydrogen (secondary N) is 1. The fourth-order valence-corrected chi connectivity index (χ4v) is 4.37. The highest BCUT2D eigenvalue weighted by Crippen LogP contribution is 2.41. The van der Waals surface area contributed by atoms with Gasteiger partial charge in [-0.05, 0) is 25.0 Å². The topological polar surface area (TPSA) is 45.1 Å². The molecule has 1 aromatic rings. The lowest BCUT2D eigenvalue weighted by Gasteiger charge is -2.21. The minimum atomic E-state index is -0.486. The van der Waals surface area contributed by atoms with E-state index < -0.39 is 5.60 Å². The Kier molecular flexibility index (Phi) is 3.43. The van der Waals surface area contributed by atoms with Crippen LogP contribution in [0.25, 0.3) is 0 Å². The van der Waals surface area contributed by atoms with Gasteiger partial charge in [0.1, 0.15) is 0 Å². The largest absolute Gasteiger partial charge is 0.388 e. The van der Waals surface area contributed by atoms with Crippen LogP contribution in [0.5, 0.6) is 0 Å². The quantitative estimate of drug-likeness (QED) is 0.859. The third-order valence-corrected chi connectivity index (χ3v) is 5.63. The van der Waals surface area contributed by atoms with E-state index >= 15 is 0 Å². The van der Waals surface area contributed by atoms with Crippen LogP contribution in [0, 0.1) is 0 Å². The minimum Gasteiger partial charge on any atom is -0.388 e. The first-order valence-corrected chi connectivity index (χ1v) is 8.24. The average Bonchev–Trinajstić information content (AvgIpc) is 2.91. The summed E-state index contributed by atoms with van der Waals surface area (Å²) < 4.78 is 0. The lowest BCUT2D eigenvalue weighted by molar-refractivity contribution is 0.0674. The van der Waals surface area contributed by atoms with E-state index in [1.54, 1.807) is 11.3 Å². The molecule has 1 aliphatic carbocycles. The zero-order chi connectivity index (χ0) is 11.7. The molecule has 94 valence electrons. The van der Waals surface area contributed by atoms with Gasteiger partial charge in [0.15, 0.2) is 0 Å². The Bertz CT molecular complexity index is 384. The van der Waals surface area contributed by atoms with Crippen LogP contribution in [0.1, 0.15) is 35.9 Å². The number of thiazole rings is 1. The van der Waals surface area contributed by atoms with Crippen molar-refractivity contribution < 1.29 is 5.11 Å². The molecule has 5 heteroatoms. The number of aromatic nitrogens is 1. The molecule has 1 atom stereocenters. The second kappa shape index (κ2) is 4.88. The van der Waals surface area contributed by atoms with Crippen molar-refractivity contribution in [2.45, 2.75) is 37.3 Å². The van der Waals surface area contributed by atoms with Crippen molar-refractivity contribution in [1.29, 1.82) is 0 Å². The van der Waals surface area contributed by atoms with Crippen LogP contribution in [-0.2, 0) is 6.54 Å². The molecule has 2 fully saturated rings. The standard InChI is InChI=1S/C12H18N2OS2/c15-12(3-4-16-8-12)7-13-5-10-6-17-11(14-10)9-1-2-9/h6,9,13,15H,1-5,7-8H2. The summed E-state index contributed by atoms with van der Waals surface area (Å²) in [5.41, 5.74) is 0.645. The smallest absolute Gasteiger partial charge is 0.0959 e. The molecular formula is C12H18N2OS2. The maximum atomic E-state index is 10.2. The SMILES string of the molecule is OC1(CNCc2csc(C3CC3)n2)CCSC1. The van der Waals surface area contributed by atoms with E-state index in [0.717, 1.165) is 36.1 Å². The van der Waals surface area contributed by atoms with E-state index in [4.69, 9.17) is 0 Å². The predicted molar refractivity (Wildman–Crippen MR) is 72.7 cm³/mol. The predicted octanol–water partition coefficient (Wildman–Crippen LogP) is 1.98. The van der Waals surface area contributed by atoms with Gasteiger partial charge in [0, 0.05) is 30.1 Å². The second-order valence-corrected chi connectivity index (χ2v) is 7.08. The lowest BCUT2D eigenvalue weighted by Crippen LogP contribution is -2.40. The first kappa shape index (κ1) is 12.0. The van der Waals surface area contributed by atoms with E-state index in [0.29, 0.717) is 6.54 Å². The monoisotopic (exact) mass is 270 g/mol. The van der Waals surface area contributed by atoms with Crippen molar-refractivity contribution in [3.8, 4) is 0 Å². The van der Waals surface area contributed by atoms with Gasteiger partial charge < -0.3 is 10.4 Å². The molecule has 3 rings (SSSR count). The van der Waals surface area contributed by atoms with Gasteiger partial charge in [0.05, 0.1) is 16.3 Å². The maximum absolute atomic E-state index is 10.2. The van der Waals surface area contributed by atoms with Crippen LogP contribution in [-0.4, -0.2) is 33.7 Å². The van der Waals surface area contributed by atoms with E-state index in [1.165, 1.54) is 17.8 Å². The summed E-state index contributed by atoms with van der Waals surface area (Å²) in [5, 5.41) is 17.0. The van der Waals surface area contributed by atoms with Crippen molar-refractivity contribution in [1.82, 2.24) is 10.3 Å². The summed E-state index contributed by atoms with van der Waals surface area (Å²) in [5.74, 6) is 2.70. The Morgan fingerprint density at radius 2 is 2.41 bits per heavy atom. The Morgan fingerprint density at radius 3 is 3.12 bits per heavy atom. The van der Waals surface area contributed by atoms with Crippen LogP contribution in [0.4, 0.5) is 0 Å². The van der Waals surface area contributed by atoms with Crippen LogP contribution >= 0.6 is 23.1 Å². The Labute approximate surface area is 110 Å². The summed E-state index contributed by atoms with van der Waals surface area (Å²) in [6.07, 6.45) is 3.55. The first-order valence-electron chi connectivity index (χ1n) is 6.20. The van der Waals surface area contributed by atoms with Gasteiger partial charge in [0.25, 0.3) is 0 Å². The third kappa shape index (κ3) is 3.02. The number of thioether (sulfide) groups is 1. The highest BCUT2D eigenvalue weighted by Gasteiger charge is 2.31. The van der Waals surface area contributed by atoms with Crippen LogP contribution in [0.2, 0.25) is 0 Å². The summed E-state index contributed by atoms with van der Waals surface area (Å²) >= 11 is 3.62. The Morgan fingerprint density at radius 1 is 1.53 bits per heavy atom. The van der Waals surface area contributed by atoms with Crippen molar-refractivity contribution in [3.05, 3.63) is 16.1 Å². The molecule has 0 aromatic carbocycles. The lowest BCUT2D eigenvalue weighted by atomic mass is 10.0. The van der Waals surface area contributed by atoms with E-state index in [9.17, 15) is 5.11 Å². The zero-order valence-corrected chi connectivity index (χ0v) is 11.4. The number of aliphatic hydroxyl groups is 1. The van der Waals surface area contributed by atoms with Crippen LogP contribution in [0.15, 0.2) is 5.38 Å². The average molecular weight is 270 g/mol. The fourth-order valence-electron chi connectivity index (χ4n) is 2.08. The highest BCUT2D eigenvalue weighted by molar-refractivity contribution is 7.99. The van der Waals surface area contributed by atoms with Crippen molar-refractivity contribution in [2.75, 3.05) is 18.1 Å². The summed E-state index contributed by atoms with van der Waals surface area (Å²) in [6, 6.07) is 0. The molecule has 0 amide bonds. The molecule has 1 aliphatic heterocycles. The molecule has 2 heterocycles. The Balaban J connectivity index is 1.46. The normalized spacial score (nSPS) is 28.8. The second-order valence-electron chi connectivity index (χ2n) is 5.08. The zero-order valence-electron chi connectivity index (χ0n) is 9.82. The molecule has 2 N–H and O–H groups in total. The molecule has 0 radical (unpaired) electrons. The molecule has 1 saturated carbocycles. The van der Waals surface area contributed by atoms with Gasteiger partial charge >= 0.3 is 0 Å². The molecule has 3 nitrogen and oxygen atoms in total. The van der Waals surface area contributed by atoms with Crippen molar-refractivity contribution in [2.24, 2.45) is 0 Å². The minimum absolute atomic E-state index is 0.486. The molecule has 0 bridgehead atoms. The molecule has 17 heavy (non-hydrogen) atoms. The molecule has 1 saturated heterocycles. The van der Waals surface area contributed by atoms with E-state index in [1.807, 2.05) is 11.8 Å². The molecule has 2 aliphatic rings. The van der Waals surface area contributed by atoms with Gasteiger partial charge in [-0.2, -0.15) is 11.8 Å². The van der Waals surface area contributed by atoms with E-state index in [-0.39, 0.29) is 0 Å². The van der Waals surface area contributed by atoms with Crippen LogP contribution < -0.4 is 5.32 Å². The molecular weight excluding hydrogens is 252 g/mol. The number of hydrogen-bond donors (Lipinski definition) is 2. The third-order valence-electron chi connectivity index (χ3n) is 3.34. The molecule has 1 aromatic heterocycles. The maximum Gasteiger partial charge on any atom is 0.0959 e. The van der Waals surface area contributed by atoms with Gasteiger partial charge in [-0.25, -0.2) is 4.98 Å². The summed E-state index contributed by atoms with van der Waals surface area (Å²) in [6.45, 7) is 1.48. The molecule has 1 unspecified atom stereocenters. The number of hydrogen-bond acceptors (Lipinski definition) is 5. The highest BCUT2D eigenvalue weighted by atomic mass is 32.2. The van der Waals surface area contributed by atoms with Gasteiger partial charge in [-0.15, -0.1) is 11.3 Å². The number of rotatable bonds is 5. The molecule has 0 spiro atoms. The van der Waals surface area contributed by atoms with Gasteiger partial charge in [0.2, 0.25) is 0 Å². The van der Waals surface area contributed by atoms with Crippen molar-refractivity contribution in [3.63, 3.8) is 0 Å².